The fourth-order valence-electron chi connectivity index (χ4n) is 4.16. The SMILES string of the molecule is Cc1ccc2c(c1)C1(CCN(C)CC1)CN2C(=O)Nc1ccc(Cl)cc1. The van der Waals surface area contributed by atoms with Crippen molar-refractivity contribution in [3.8, 4) is 0 Å². The van der Waals surface area contributed by atoms with Gasteiger partial charge in [0.2, 0.25) is 0 Å². The van der Waals surface area contributed by atoms with Crippen LogP contribution in [-0.4, -0.2) is 37.6 Å². The highest BCUT2D eigenvalue weighted by molar-refractivity contribution is 6.30. The van der Waals surface area contributed by atoms with E-state index >= 15 is 0 Å². The Morgan fingerprint density at radius 3 is 2.50 bits per heavy atom. The molecule has 0 unspecified atom stereocenters. The van der Waals surface area contributed by atoms with Gasteiger partial charge in [0, 0.05) is 28.4 Å². The van der Waals surface area contributed by atoms with Crippen LogP contribution in [0.5, 0.6) is 0 Å². The zero-order valence-corrected chi connectivity index (χ0v) is 16.0. The lowest BCUT2D eigenvalue weighted by atomic mass is 9.74. The number of fused-ring (bicyclic) bond motifs is 2. The minimum absolute atomic E-state index is 0.0746. The molecule has 0 radical (unpaired) electrons. The predicted molar refractivity (Wildman–Crippen MR) is 107 cm³/mol. The van der Waals surface area contributed by atoms with Gasteiger partial charge in [-0.3, -0.25) is 4.90 Å². The molecule has 1 N–H and O–H groups in total. The standard InChI is InChI=1S/C21H24ClN3O/c1-15-3-8-19-18(13-15)21(9-11-24(2)12-10-21)14-25(19)20(26)23-17-6-4-16(22)5-7-17/h3-8,13H,9-12,14H2,1-2H3,(H,23,26). The second-order valence-corrected chi connectivity index (χ2v) is 8.06. The normalized spacial score (nSPS) is 18.8. The number of nitrogens with one attached hydrogen (secondary N) is 1. The van der Waals surface area contributed by atoms with E-state index in [2.05, 4.69) is 42.4 Å². The molecule has 5 heteroatoms. The van der Waals surface area contributed by atoms with Crippen molar-refractivity contribution < 1.29 is 4.79 Å². The van der Waals surface area contributed by atoms with E-state index in [1.807, 2.05) is 17.0 Å². The molecule has 0 bridgehead atoms. The lowest BCUT2D eigenvalue weighted by Gasteiger charge is -2.38. The van der Waals surface area contributed by atoms with Gasteiger partial charge in [0.25, 0.3) is 0 Å². The summed E-state index contributed by atoms with van der Waals surface area (Å²) in [5, 5.41) is 3.68. The predicted octanol–water partition coefficient (Wildman–Crippen LogP) is 4.66. The number of anilines is 2. The van der Waals surface area contributed by atoms with E-state index in [-0.39, 0.29) is 11.4 Å². The van der Waals surface area contributed by atoms with Crippen molar-refractivity contribution in [3.63, 3.8) is 0 Å². The lowest BCUT2D eigenvalue weighted by Crippen LogP contribution is -2.45. The van der Waals surface area contributed by atoms with Gasteiger partial charge >= 0.3 is 6.03 Å². The fourth-order valence-corrected chi connectivity index (χ4v) is 4.29. The van der Waals surface area contributed by atoms with Crippen molar-refractivity contribution in [3.05, 3.63) is 58.6 Å². The average Bonchev–Trinajstić information content (AvgIpc) is 2.94. The van der Waals surface area contributed by atoms with E-state index < -0.39 is 0 Å². The van der Waals surface area contributed by atoms with Gasteiger partial charge in [0.1, 0.15) is 0 Å². The molecule has 2 heterocycles. The Labute approximate surface area is 159 Å². The van der Waals surface area contributed by atoms with Crippen LogP contribution in [0.3, 0.4) is 0 Å². The molecule has 2 aromatic carbocycles. The largest absolute Gasteiger partial charge is 0.326 e. The zero-order valence-electron chi connectivity index (χ0n) is 15.3. The van der Waals surface area contributed by atoms with Crippen molar-refractivity contribution >= 4 is 29.0 Å². The first-order chi connectivity index (χ1) is 12.5. The van der Waals surface area contributed by atoms with Crippen LogP contribution in [0.15, 0.2) is 42.5 Å². The molecule has 26 heavy (non-hydrogen) atoms. The number of carbonyl (C=O) groups is 1. The molecular weight excluding hydrogens is 346 g/mol. The molecule has 0 atom stereocenters. The third kappa shape index (κ3) is 3.08. The van der Waals surface area contributed by atoms with E-state index in [0.717, 1.165) is 43.9 Å². The van der Waals surface area contributed by atoms with E-state index in [1.165, 1.54) is 11.1 Å². The third-order valence-electron chi connectivity index (χ3n) is 5.76. The van der Waals surface area contributed by atoms with Crippen LogP contribution in [0.25, 0.3) is 0 Å². The van der Waals surface area contributed by atoms with Crippen LogP contribution in [0.2, 0.25) is 5.02 Å². The van der Waals surface area contributed by atoms with Crippen LogP contribution in [0.4, 0.5) is 16.2 Å². The van der Waals surface area contributed by atoms with Crippen LogP contribution in [0, 0.1) is 6.92 Å². The summed E-state index contributed by atoms with van der Waals surface area (Å²) in [6, 6.07) is 13.6. The molecule has 4 nitrogen and oxygen atoms in total. The number of likely N-dealkylation sites (tertiary alicyclic amines) is 1. The molecule has 0 saturated carbocycles. The number of carbonyl (C=O) groups excluding carboxylic acids is 1. The highest BCUT2D eigenvalue weighted by atomic mass is 35.5. The molecule has 1 saturated heterocycles. The number of benzene rings is 2. The zero-order chi connectivity index (χ0) is 18.3. The number of halogens is 1. The smallest absolute Gasteiger partial charge is 0.308 e. The summed E-state index contributed by atoms with van der Waals surface area (Å²) in [6.07, 6.45) is 2.18. The van der Waals surface area contributed by atoms with Gasteiger partial charge in [0.05, 0.1) is 0 Å². The molecule has 136 valence electrons. The minimum Gasteiger partial charge on any atom is -0.308 e. The van der Waals surface area contributed by atoms with Gasteiger partial charge in [0.15, 0.2) is 0 Å². The number of amides is 2. The van der Waals surface area contributed by atoms with Crippen LogP contribution < -0.4 is 10.2 Å². The second kappa shape index (κ2) is 6.60. The summed E-state index contributed by atoms with van der Waals surface area (Å²) in [5.74, 6) is 0. The van der Waals surface area contributed by atoms with Gasteiger partial charge in [-0.25, -0.2) is 4.79 Å². The number of aryl methyl sites for hydroxylation is 1. The average molecular weight is 370 g/mol. The quantitative estimate of drug-likeness (QED) is 0.793. The molecule has 2 aliphatic heterocycles. The maximum Gasteiger partial charge on any atom is 0.326 e. The Balaban J connectivity index is 1.63. The summed E-state index contributed by atoms with van der Waals surface area (Å²) in [6.45, 7) is 5.01. The summed E-state index contributed by atoms with van der Waals surface area (Å²) < 4.78 is 0. The van der Waals surface area contributed by atoms with E-state index in [0.29, 0.717) is 5.02 Å². The molecule has 2 aliphatic rings. The lowest BCUT2D eigenvalue weighted by molar-refractivity contribution is 0.196. The summed E-state index contributed by atoms with van der Waals surface area (Å²) in [7, 11) is 2.17. The summed E-state index contributed by atoms with van der Waals surface area (Å²) in [5.41, 5.74) is 4.47. The topological polar surface area (TPSA) is 35.6 Å². The Morgan fingerprint density at radius 2 is 1.81 bits per heavy atom. The van der Waals surface area contributed by atoms with Crippen molar-refractivity contribution in [1.82, 2.24) is 4.90 Å². The van der Waals surface area contributed by atoms with Crippen molar-refractivity contribution in [1.29, 1.82) is 0 Å². The Bertz CT molecular complexity index is 826. The number of urea groups is 1. The molecule has 2 amide bonds. The molecule has 2 aromatic rings. The highest BCUT2D eigenvalue weighted by Gasteiger charge is 2.46. The fraction of sp³-hybridized carbons (Fsp3) is 0.381. The Kier molecular flexibility index (Phi) is 4.41. The number of rotatable bonds is 1. The van der Waals surface area contributed by atoms with Crippen LogP contribution in [-0.2, 0) is 5.41 Å². The first kappa shape index (κ1) is 17.4. The van der Waals surface area contributed by atoms with Crippen molar-refractivity contribution in [2.24, 2.45) is 0 Å². The minimum atomic E-state index is -0.0757. The molecular formula is C21H24ClN3O. The molecule has 1 spiro atoms. The summed E-state index contributed by atoms with van der Waals surface area (Å²) >= 11 is 5.94. The van der Waals surface area contributed by atoms with Crippen molar-refractivity contribution in [2.75, 3.05) is 36.9 Å². The summed E-state index contributed by atoms with van der Waals surface area (Å²) in [4.78, 5) is 17.3. The number of nitrogens with zero attached hydrogens (tertiary/aromatic N) is 2. The van der Waals surface area contributed by atoms with Crippen LogP contribution >= 0.6 is 11.6 Å². The van der Waals surface area contributed by atoms with Crippen molar-refractivity contribution in [2.45, 2.75) is 25.2 Å². The Hall–Kier alpha value is -2.04. The van der Waals surface area contributed by atoms with Gasteiger partial charge in [-0.1, -0.05) is 29.3 Å². The van der Waals surface area contributed by atoms with Gasteiger partial charge in [-0.2, -0.15) is 0 Å². The monoisotopic (exact) mass is 369 g/mol. The van der Waals surface area contributed by atoms with E-state index in [9.17, 15) is 4.79 Å². The highest BCUT2D eigenvalue weighted by Crippen LogP contribution is 2.47. The van der Waals surface area contributed by atoms with E-state index in [1.54, 1.807) is 12.1 Å². The molecule has 4 rings (SSSR count). The van der Waals surface area contributed by atoms with Gasteiger partial charge in [-0.15, -0.1) is 0 Å². The molecule has 0 aromatic heterocycles. The van der Waals surface area contributed by atoms with Gasteiger partial charge in [-0.05, 0) is 75.8 Å². The number of piperidine rings is 1. The first-order valence-electron chi connectivity index (χ1n) is 9.11. The maximum absolute atomic E-state index is 13.0. The second-order valence-electron chi connectivity index (χ2n) is 7.63. The maximum atomic E-state index is 13.0. The molecule has 1 fully saturated rings. The van der Waals surface area contributed by atoms with Crippen LogP contribution in [0.1, 0.15) is 24.0 Å². The number of hydrogen-bond acceptors (Lipinski definition) is 2. The Morgan fingerprint density at radius 1 is 1.12 bits per heavy atom. The van der Waals surface area contributed by atoms with E-state index in [4.69, 9.17) is 11.6 Å². The third-order valence-corrected chi connectivity index (χ3v) is 6.01. The molecule has 0 aliphatic carbocycles. The first-order valence-corrected chi connectivity index (χ1v) is 9.48. The number of hydrogen-bond donors (Lipinski definition) is 1. The van der Waals surface area contributed by atoms with Gasteiger partial charge < -0.3 is 10.2 Å².